The van der Waals surface area contributed by atoms with Gasteiger partial charge in [0.15, 0.2) is 5.17 Å². The molecule has 1 aliphatic heterocycles. The van der Waals surface area contributed by atoms with Crippen LogP contribution in [0.2, 0.25) is 0 Å². The fraction of sp³-hybridized carbons (Fsp3) is 0.118. The second kappa shape index (κ2) is 7.18. The highest BCUT2D eigenvalue weighted by molar-refractivity contribution is 8.18. The predicted octanol–water partition coefficient (Wildman–Crippen LogP) is 3.35. The van der Waals surface area contributed by atoms with Crippen molar-refractivity contribution < 1.29 is 18.7 Å². The van der Waals surface area contributed by atoms with Crippen LogP contribution in [0.1, 0.15) is 23.0 Å². The maximum atomic E-state index is 11.9. The smallest absolute Gasteiger partial charge is 0.338 e. The number of aliphatic imine (C=N–C) groups is 1. The third-order valence-electron chi connectivity index (χ3n) is 3.08. The van der Waals surface area contributed by atoms with E-state index < -0.39 is 0 Å². The zero-order valence-corrected chi connectivity index (χ0v) is 13.6. The molecule has 1 aliphatic rings. The number of amides is 1. The molecule has 2 aromatic rings. The van der Waals surface area contributed by atoms with Crippen molar-refractivity contribution >= 4 is 40.6 Å². The first-order chi connectivity index (χ1) is 11.7. The molecular weight excluding hydrogens is 328 g/mol. The lowest BCUT2D eigenvalue weighted by Crippen LogP contribution is -2.19. The van der Waals surface area contributed by atoms with Crippen LogP contribution in [-0.2, 0) is 9.53 Å². The molecular formula is C17H14N2O4S. The van der Waals surface area contributed by atoms with E-state index in [-0.39, 0.29) is 11.9 Å². The van der Waals surface area contributed by atoms with Crippen LogP contribution >= 0.6 is 11.8 Å². The van der Waals surface area contributed by atoms with Gasteiger partial charge in [-0.25, -0.2) is 9.79 Å². The minimum Gasteiger partial charge on any atom is -0.465 e. The Kier molecular flexibility index (Phi) is 4.81. The molecule has 122 valence electrons. The molecule has 0 radical (unpaired) electrons. The Morgan fingerprint density at radius 1 is 1.33 bits per heavy atom. The first-order valence-electron chi connectivity index (χ1n) is 7.26. The highest BCUT2D eigenvalue weighted by Crippen LogP contribution is 2.28. The lowest BCUT2D eigenvalue weighted by atomic mass is 10.2. The third-order valence-corrected chi connectivity index (χ3v) is 3.99. The summed E-state index contributed by atoms with van der Waals surface area (Å²) in [5, 5.41) is 3.17. The maximum Gasteiger partial charge on any atom is 0.338 e. The summed E-state index contributed by atoms with van der Waals surface area (Å²) in [5.74, 6) is 0.00916. The Bertz CT molecular complexity index is 808. The second-order valence-corrected chi connectivity index (χ2v) is 5.80. The van der Waals surface area contributed by atoms with Gasteiger partial charge in [0, 0.05) is 6.08 Å². The quantitative estimate of drug-likeness (QED) is 0.681. The third kappa shape index (κ3) is 3.75. The number of carbonyl (C=O) groups excluding carboxylic acids is 2. The lowest BCUT2D eigenvalue weighted by molar-refractivity contribution is -0.115. The predicted molar refractivity (Wildman–Crippen MR) is 91.9 cm³/mol. The van der Waals surface area contributed by atoms with E-state index in [9.17, 15) is 9.59 Å². The van der Waals surface area contributed by atoms with Gasteiger partial charge in [-0.3, -0.25) is 4.79 Å². The molecule has 0 saturated carbocycles. The fourth-order valence-corrected chi connectivity index (χ4v) is 2.81. The summed E-state index contributed by atoms with van der Waals surface area (Å²) in [7, 11) is 0. The molecule has 6 nitrogen and oxygen atoms in total. The first kappa shape index (κ1) is 16.1. The van der Waals surface area contributed by atoms with E-state index in [1.807, 2.05) is 0 Å². The van der Waals surface area contributed by atoms with Gasteiger partial charge in [0.2, 0.25) is 0 Å². The molecule has 1 amide bonds. The van der Waals surface area contributed by atoms with Crippen molar-refractivity contribution in [2.75, 3.05) is 6.61 Å². The van der Waals surface area contributed by atoms with Gasteiger partial charge in [-0.05, 0) is 55.1 Å². The van der Waals surface area contributed by atoms with Crippen LogP contribution in [0, 0.1) is 0 Å². The normalized spacial score (nSPS) is 17.3. The fourth-order valence-electron chi connectivity index (χ4n) is 1.99. The average molecular weight is 342 g/mol. The summed E-state index contributed by atoms with van der Waals surface area (Å²) in [6.07, 6.45) is 3.20. The molecule has 0 bridgehead atoms. The van der Waals surface area contributed by atoms with Crippen molar-refractivity contribution in [1.82, 2.24) is 5.32 Å². The number of amidine groups is 1. The van der Waals surface area contributed by atoms with Crippen LogP contribution in [0.5, 0.6) is 0 Å². The maximum absolute atomic E-state index is 11.9. The molecule has 0 unspecified atom stereocenters. The van der Waals surface area contributed by atoms with Crippen molar-refractivity contribution in [2.45, 2.75) is 6.92 Å². The van der Waals surface area contributed by atoms with E-state index in [0.29, 0.717) is 33.7 Å². The SMILES string of the molecule is CCOC(=O)c1ccc(N=C2NC(=O)/C(=C/c3ccco3)S2)cc1. The van der Waals surface area contributed by atoms with Crippen molar-refractivity contribution in [2.24, 2.45) is 4.99 Å². The molecule has 0 atom stereocenters. The molecule has 1 fully saturated rings. The number of nitrogens with zero attached hydrogens (tertiary/aromatic N) is 1. The van der Waals surface area contributed by atoms with Crippen LogP contribution in [0.15, 0.2) is 57.0 Å². The van der Waals surface area contributed by atoms with Gasteiger partial charge in [0.1, 0.15) is 5.76 Å². The zero-order valence-electron chi connectivity index (χ0n) is 12.8. The highest BCUT2D eigenvalue weighted by Gasteiger charge is 2.24. The molecule has 2 heterocycles. The van der Waals surface area contributed by atoms with Gasteiger partial charge in [-0.2, -0.15) is 0 Å². The Morgan fingerprint density at radius 3 is 2.79 bits per heavy atom. The second-order valence-electron chi connectivity index (χ2n) is 4.76. The summed E-state index contributed by atoms with van der Waals surface area (Å²) in [6.45, 7) is 2.09. The Hall–Kier alpha value is -2.80. The molecule has 0 aliphatic carbocycles. The lowest BCUT2D eigenvalue weighted by Gasteiger charge is -2.02. The minimum atomic E-state index is -0.371. The Labute approximate surface area is 142 Å². The number of ether oxygens (including phenoxy) is 1. The van der Waals surface area contributed by atoms with Gasteiger partial charge in [0.05, 0.1) is 29.0 Å². The van der Waals surface area contributed by atoms with E-state index >= 15 is 0 Å². The van der Waals surface area contributed by atoms with Gasteiger partial charge in [-0.15, -0.1) is 0 Å². The van der Waals surface area contributed by atoms with Crippen LogP contribution in [-0.4, -0.2) is 23.7 Å². The van der Waals surface area contributed by atoms with Crippen LogP contribution in [0.3, 0.4) is 0 Å². The number of furan rings is 1. The highest BCUT2D eigenvalue weighted by atomic mass is 32.2. The van der Waals surface area contributed by atoms with Crippen molar-refractivity contribution in [3.63, 3.8) is 0 Å². The Balaban J connectivity index is 1.73. The first-order valence-corrected chi connectivity index (χ1v) is 8.07. The van der Waals surface area contributed by atoms with Crippen LogP contribution < -0.4 is 5.32 Å². The summed E-state index contributed by atoms with van der Waals surface area (Å²) in [4.78, 5) is 28.4. The van der Waals surface area contributed by atoms with Crippen LogP contribution in [0.25, 0.3) is 6.08 Å². The molecule has 1 aromatic carbocycles. The number of benzene rings is 1. The van der Waals surface area contributed by atoms with Gasteiger partial charge >= 0.3 is 5.97 Å². The number of hydrogen-bond acceptors (Lipinski definition) is 6. The molecule has 3 rings (SSSR count). The largest absolute Gasteiger partial charge is 0.465 e. The molecule has 1 saturated heterocycles. The van der Waals surface area contributed by atoms with E-state index in [4.69, 9.17) is 9.15 Å². The van der Waals surface area contributed by atoms with Crippen molar-refractivity contribution in [3.8, 4) is 0 Å². The van der Waals surface area contributed by atoms with E-state index in [1.54, 1.807) is 55.7 Å². The molecule has 1 aromatic heterocycles. The summed E-state index contributed by atoms with van der Waals surface area (Å²) >= 11 is 1.23. The van der Waals surface area contributed by atoms with E-state index in [2.05, 4.69) is 10.3 Å². The van der Waals surface area contributed by atoms with Gasteiger partial charge < -0.3 is 14.5 Å². The average Bonchev–Trinajstić information content (AvgIpc) is 3.19. The van der Waals surface area contributed by atoms with Gasteiger partial charge in [0.25, 0.3) is 5.91 Å². The standard InChI is InChI=1S/C17H14N2O4S/c1-2-22-16(21)11-5-7-12(8-6-11)18-17-19-15(20)14(24-17)10-13-4-3-9-23-13/h3-10H,2H2,1H3,(H,18,19,20)/b14-10-. The molecule has 1 N–H and O–H groups in total. The van der Waals surface area contributed by atoms with E-state index in [1.165, 1.54) is 11.8 Å². The van der Waals surface area contributed by atoms with E-state index in [0.717, 1.165) is 0 Å². The van der Waals surface area contributed by atoms with Crippen molar-refractivity contribution in [1.29, 1.82) is 0 Å². The minimum absolute atomic E-state index is 0.224. The number of carbonyl (C=O) groups is 2. The van der Waals surface area contributed by atoms with Gasteiger partial charge in [-0.1, -0.05) is 0 Å². The van der Waals surface area contributed by atoms with Crippen LogP contribution in [0.4, 0.5) is 5.69 Å². The summed E-state index contributed by atoms with van der Waals surface area (Å²) in [5.41, 5.74) is 1.09. The number of esters is 1. The zero-order chi connectivity index (χ0) is 16.9. The molecule has 24 heavy (non-hydrogen) atoms. The number of nitrogens with one attached hydrogen (secondary N) is 1. The summed E-state index contributed by atoms with van der Waals surface area (Å²) < 4.78 is 10.1. The molecule has 0 spiro atoms. The van der Waals surface area contributed by atoms with Crippen molar-refractivity contribution in [3.05, 3.63) is 58.9 Å². The Morgan fingerprint density at radius 2 is 2.12 bits per heavy atom. The number of thioether (sulfide) groups is 1. The topological polar surface area (TPSA) is 80.9 Å². The summed E-state index contributed by atoms with van der Waals surface area (Å²) in [6, 6.07) is 10.2. The molecule has 7 heteroatoms. The number of hydrogen-bond donors (Lipinski definition) is 1. The number of rotatable bonds is 4. The monoisotopic (exact) mass is 342 g/mol.